The lowest BCUT2D eigenvalue weighted by atomic mass is 9.91. The van der Waals surface area contributed by atoms with Crippen LogP contribution in [0.25, 0.3) is 10.4 Å². The third kappa shape index (κ3) is 7.06. The summed E-state index contributed by atoms with van der Waals surface area (Å²) in [4.78, 5) is 21.4. The van der Waals surface area contributed by atoms with Gasteiger partial charge in [0.2, 0.25) is 5.90 Å². The Hall–Kier alpha value is -4.77. The molecule has 0 spiro atoms. The summed E-state index contributed by atoms with van der Waals surface area (Å²) in [5.74, 6) is 1.66. The molecule has 1 aliphatic heterocycles. The number of azide groups is 1. The second-order valence-electron chi connectivity index (χ2n) is 9.14. The topological polar surface area (TPSA) is 159 Å². The first-order valence-corrected chi connectivity index (χ1v) is 13.0. The molecule has 3 aromatic carbocycles. The van der Waals surface area contributed by atoms with Crippen LogP contribution in [0.5, 0.6) is 17.2 Å². The number of para-hydroxylation sites is 1. The number of nitrogens with one attached hydrogen (secondary N) is 2. The maximum atomic E-state index is 13.7. The molecule has 1 amide bonds. The van der Waals surface area contributed by atoms with Crippen molar-refractivity contribution in [2.75, 3.05) is 34.0 Å². The highest BCUT2D eigenvalue weighted by molar-refractivity contribution is 6.00. The summed E-state index contributed by atoms with van der Waals surface area (Å²) in [6, 6.07) is 19.7. The van der Waals surface area contributed by atoms with Gasteiger partial charge in [0, 0.05) is 47.7 Å². The summed E-state index contributed by atoms with van der Waals surface area (Å²) in [5.41, 5.74) is 15.9. The molecule has 4 rings (SSSR count). The van der Waals surface area contributed by atoms with Crippen molar-refractivity contribution in [2.45, 2.75) is 24.9 Å². The monoisotopic (exact) mass is 560 g/mol. The van der Waals surface area contributed by atoms with E-state index in [2.05, 4.69) is 20.9 Å². The number of benzene rings is 3. The van der Waals surface area contributed by atoms with Crippen LogP contribution in [0.2, 0.25) is 0 Å². The van der Waals surface area contributed by atoms with Crippen LogP contribution < -0.4 is 25.1 Å². The fourth-order valence-corrected chi connectivity index (χ4v) is 4.38. The maximum absolute atomic E-state index is 13.7. The van der Waals surface area contributed by atoms with Gasteiger partial charge in [-0.1, -0.05) is 41.5 Å². The predicted molar refractivity (Wildman–Crippen MR) is 152 cm³/mol. The summed E-state index contributed by atoms with van der Waals surface area (Å²) in [6.07, 6.45) is 0.662. The summed E-state index contributed by atoms with van der Waals surface area (Å²) in [7, 11) is 3.11. The van der Waals surface area contributed by atoms with Crippen LogP contribution >= 0.6 is 0 Å². The van der Waals surface area contributed by atoms with Crippen LogP contribution in [0.15, 0.2) is 76.8 Å². The highest BCUT2D eigenvalue weighted by Crippen LogP contribution is 2.32. The van der Waals surface area contributed by atoms with Crippen LogP contribution in [0.4, 0.5) is 5.69 Å². The Morgan fingerprint density at radius 2 is 1.88 bits per heavy atom. The molecule has 0 unspecified atom stereocenters. The number of ether oxygens (including phenoxy) is 4. The molecule has 0 aliphatic carbocycles. The van der Waals surface area contributed by atoms with Gasteiger partial charge in [-0.05, 0) is 41.4 Å². The molecule has 0 aromatic heterocycles. The van der Waals surface area contributed by atoms with Gasteiger partial charge < -0.3 is 24.1 Å². The number of hydrazine groups is 1. The van der Waals surface area contributed by atoms with Crippen molar-refractivity contribution in [2.24, 2.45) is 10.1 Å². The molecule has 1 heterocycles. The molecule has 3 N–H and O–H groups in total. The molecular formula is C29H32N6O6. The Bertz CT molecular complexity index is 1420. The number of hydrogen-bond donors (Lipinski definition) is 3. The van der Waals surface area contributed by atoms with Crippen LogP contribution in [0, 0.1) is 0 Å². The zero-order valence-electron chi connectivity index (χ0n) is 22.9. The summed E-state index contributed by atoms with van der Waals surface area (Å²) >= 11 is 0. The Balaban J connectivity index is 1.58. The molecule has 12 nitrogen and oxygen atoms in total. The Labute approximate surface area is 237 Å². The van der Waals surface area contributed by atoms with Crippen molar-refractivity contribution >= 4 is 17.5 Å². The van der Waals surface area contributed by atoms with E-state index >= 15 is 0 Å². The zero-order chi connectivity index (χ0) is 29.1. The third-order valence-electron chi connectivity index (χ3n) is 6.45. The van der Waals surface area contributed by atoms with Crippen molar-refractivity contribution in [1.82, 2.24) is 10.9 Å². The number of aliphatic hydroxyl groups excluding tert-OH is 1. The number of carbonyl (C=O) groups excluding carboxylic acids is 1. The molecule has 0 radical (unpaired) electrons. The minimum Gasteiger partial charge on any atom is -0.494 e. The first-order chi connectivity index (χ1) is 20.0. The fourth-order valence-electron chi connectivity index (χ4n) is 4.38. The molecule has 0 saturated heterocycles. The SMILES string of the molecule is COc1cccc(CNNC(=O)[C@]2(Cc3ccccc3N=[N+]=[N-])COC(c3ccc(OCCCO)cc3)=N2)c1OC. The van der Waals surface area contributed by atoms with Gasteiger partial charge in [0.05, 0.1) is 20.8 Å². The Morgan fingerprint density at radius 1 is 1.10 bits per heavy atom. The average Bonchev–Trinajstić information content (AvgIpc) is 3.43. The summed E-state index contributed by atoms with van der Waals surface area (Å²) in [6.45, 7) is 0.678. The molecule has 0 saturated carbocycles. The molecule has 1 atom stereocenters. The number of methoxy groups -OCH3 is 2. The number of aliphatic imine (C=N–C) groups is 1. The largest absolute Gasteiger partial charge is 0.494 e. The van der Waals surface area contributed by atoms with Gasteiger partial charge in [-0.15, -0.1) is 0 Å². The van der Waals surface area contributed by atoms with Crippen LogP contribution in [-0.2, 0) is 22.5 Å². The van der Waals surface area contributed by atoms with Gasteiger partial charge in [0.15, 0.2) is 17.0 Å². The fraction of sp³-hybridized carbons (Fsp3) is 0.310. The van der Waals surface area contributed by atoms with Crippen molar-refractivity contribution in [3.05, 3.63) is 93.9 Å². The number of hydrogen-bond acceptors (Lipinski definition) is 9. The quantitative estimate of drug-likeness (QED) is 0.0884. The minimum absolute atomic E-state index is 0.0301. The van der Waals surface area contributed by atoms with Gasteiger partial charge in [0.1, 0.15) is 12.4 Å². The van der Waals surface area contributed by atoms with E-state index < -0.39 is 11.4 Å². The molecule has 41 heavy (non-hydrogen) atoms. The second kappa shape index (κ2) is 14.0. The molecule has 3 aromatic rings. The van der Waals surface area contributed by atoms with E-state index in [1.54, 1.807) is 68.8 Å². The maximum Gasteiger partial charge on any atom is 0.266 e. The third-order valence-corrected chi connectivity index (χ3v) is 6.45. The smallest absolute Gasteiger partial charge is 0.266 e. The van der Waals surface area contributed by atoms with Crippen LogP contribution in [-0.4, -0.2) is 56.5 Å². The minimum atomic E-state index is -1.35. The van der Waals surface area contributed by atoms with E-state index in [0.717, 1.165) is 5.56 Å². The van der Waals surface area contributed by atoms with Crippen molar-refractivity contribution in [3.63, 3.8) is 0 Å². The number of rotatable bonds is 14. The second-order valence-corrected chi connectivity index (χ2v) is 9.14. The van der Waals surface area contributed by atoms with Gasteiger partial charge in [-0.3, -0.25) is 10.2 Å². The average molecular weight is 561 g/mol. The van der Waals surface area contributed by atoms with Gasteiger partial charge in [-0.25, -0.2) is 10.4 Å². The number of nitrogens with zero attached hydrogens (tertiary/aromatic N) is 4. The molecule has 12 heteroatoms. The molecule has 1 aliphatic rings. The Morgan fingerprint density at radius 3 is 2.61 bits per heavy atom. The van der Waals surface area contributed by atoms with Gasteiger partial charge >= 0.3 is 0 Å². The van der Waals surface area contributed by atoms with E-state index in [9.17, 15) is 4.79 Å². The van der Waals surface area contributed by atoms with Crippen LogP contribution in [0.3, 0.4) is 0 Å². The van der Waals surface area contributed by atoms with E-state index in [4.69, 9.17) is 34.6 Å². The van der Waals surface area contributed by atoms with Gasteiger partial charge in [0.25, 0.3) is 5.91 Å². The first-order valence-electron chi connectivity index (χ1n) is 13.0. The first kappa shape index (κ1) is 29.2. The molecule has 0 bridgehead atoms. The van der Waals surface area contributed by atoms with E-state index in [0.29, 0.717) is 53.0 Å². The lowest BCUT2D eigenvalue weighted by Gasteiger charge is -2.24. The van der Waals surface area contributed by atoms with E-state index in [-0.39, 0.29) is 26.2 Å². The molecular weight excluding hydrogens is 528 g/mol. The highest BCUT2D eigenvalue weighted by atomic mass is 16.5. The zero-order valence-corrected chi connectivity index (χ0v) is 22.9. The number of amides is 1. The standard InChI is InChI=1S/C29H32N6O6/c1-38-25-10-5-8-22(26(25)39-2)18-31-34-28(37)29(17-21-7-3-4-9-24(21)33-35-30)19-41-27(32-29)20-11-13-23(14-12-20)40-16-6-15-36/h3-5,7-14,31,36H,6,15-19H2,1-2H3,(H,34,37)/t29-/m0/s1. The Kier molecular flexibility index (Phi) is 10.0. The summed E-state index contributed by atoms with van der Waals surface area (Å²) in [5, 5.41) is 12.7. The van der Waals surface area contributed by atoms with E-state index in [1.165, 1.54) is 0 Å². The van der Waals surface area contributed by atoms with Crippen LogP contribution in [0.1, 0.15) is 23.1 Å². The highest BCUT2D eigenvalue weighted by Gasteiger charge is 2.45. The summed E-state index contributed by atoms with van der Waals surface area (Å²) < 4.78 is 22.4. The molecule has 0 fully saturated rings. The predicted octanol–water partition coefficient (Wildman–Crippen LogP) is 3.99. The lowest BCUT2D eigenvalue weighted by Crippen LogP contribution is -2.52. The van der Waals surface area contributed by atoms with Crippen molar-refractivity contribution in [3.8, 4) is 17.2 Å². The normalized spacial score (nSPS) is 15.7. The molecule has 214 valence electrons. The van der Waals surface area contributed by atoms with Gasteiger partial charge in [-0.2, -0.15) is 0 Å². The van der Waals surface area contributed by atoms with E-state index in [1.807, 2.05) is 12.1 Å². The number of carbonyl (C=O) groups is 1. The van der Waals surface area contributed by atoms with Crippen molar-refractivity contribution in [1.29, 1.82) is 0 Å². The van der Waals surface area contributed by atoms with Crippen molar-refractivity contribution < 1.29 is 28.8 Å². The number of aliphatic hydroxyl groups is 1. The lowest BCUT2D eigenvalue weighted by molar-refractivity contribution is -0.127.